The minimum absolute atomic E-state index is 0.669. The molecule has 10 heavy (non-hydrogen) atoms. The van der Waals surface area contributed by atoms with E-state index in [-0.39, 0.29) is 0 Å². The highest BCUT2D eigenvalue weighted by molar-refractivity contribution is 5.01. The van der Waals surface area contributed by atoms with Gasteiger partial charge in [0.15, 0.2) is 0 Å². The van der Waals surface area contributed by atoms with Gasteiger partial charge in [-0.15, -0.1) is 0 Å². The summed E-state index contributed by atoms with van der Waals surface area (Å²) in [6.45, 7) is 9.18. The van der Waals surface area contributed by atoms with Crippen molar-refractivity contribution in [3.63, 3.8) is 0 Å². The van der Waals surface area contributed by atoms with Crippen LogP contribution in [0.3, 0.4) is 0 Å². The molecular formula is C9H17N. The standard InChI is InChI=1S/C9H17N/c1-8(2)7-10-6-4-5-9(10)3/h4-5,8-9H,6-7H2,1-3H3. The second-order valence-corrected chi connectivity index (χ2v) is 3.52. The first-order valence-electron chi connectivity index (χ1n) is 4.11. The maximum absolute atomic E-state index is 2.49. The van der Waals surface area contributed by atoms with Crippen molar-refractivity contribution in [3.05, 3.63) is 12.2 Å². The molecule has 0 saturated carbocycles. The first-order chi connectivity index (χ1) is 4.70. The molecule has 0 saturated heterocycles. The van der Waals surface area contributed by atoms with Crippen LogP contribution in [0.15, 0.2) is 12.2 Å². The third kappa shape index (κ3) is 1.84. The van der Waals surface area contributed by atoms with Crippen molar-refractivity contribution in [2.75, 3.05) is 13.1 Å². The quantitative estimate of drug-likeness (QED) is 0.528. The van der Waals surface area contributed by atoms with Gasteiger partial charge in [0.2, 0.25) is 0 Å². The van der Waals surface area contributed by atoms with E-state index in [4.69, 9.17) is 0 Å². The minimum atomic E-state index is 0.669. The van der Waals surface area contributed by atoms with Crippen molar-refractivity contribution in [1.82, 2.24) is 4.90 Å². The van der Waals surface area contributed by atoms with Crippen molar-refractivity contribution in [2.45, 2.75) is 26.8 Å². The van der Waals surface area contributed by atoms with Gasteiger partial charge < -0.3 is 0 Å². The second kappa shape index (κ2) is 3.20. The number of nitrogens with zero attached hydrogens (tertiary/aromatic N) is 1. The van der Waals surface area contributed by atoms with Gasteiger partial charge in [0.05, 0.1) is 0 Å². The lowest BCUT2D eigenvalue weighted by atomic mass is 10.2. The lowest BCUT2D eigenvalue weighted by Gasteiger charge is -2.22. The summed E-state index contributed by atoms with van der Waals surface area (Å²) in [4.78, 5) is 2.49. The number of hydrogen-bond donors (Lipinski definition) is 0. The summed E-state index contributed by atoms with van der Waals surface area (Å²) in [6.07, 6.45) is 4.54. The van der Waals surface area contributed by atoms with Gasteiger partial charge in [0, 0.05) is 19.1 Å². The summed E-state index contributed by atoms with van der Waals surface area (Å²) in [5.41, 5.74) is 0. The van der Waals surface area contributed by atoms with Gasteiger partial charge in [0.25, 0.3) is 0 Å². The molecule has 0 amide bonds. The molecule has 0 aromatic carbocycles. The van der Waals surface area contributed by atoms with E-state index in [1.165, 1.54) is 6.54 Å². The Kier molecular flexibility index (Phi) is 2.50. The molecule has 58 valence electrons. The Labute approximate surface area is 63.7 Å². The number of rotatable bonds is 2. The topological polar surface area (TPSA) is 3.24 Å². The van der Waals surface area contributed by atoms with Crippen LogP contribution in [0.1, 0.15) is 20.8 Å². The van der Waals surface area contributed by atoms with E-state index in [0.29, 0.717) is 6.04 Å². The smallest absolute Gasteiger partial charge is 0.0253 e. The van der Waals surface area contributed by atoms with E-state index >= 15 is 0 Å². The normalized spacial score (nSPS) is 26.6. The Balaban J connectivity index is 2.30. The van der Waals surface area contributed by atoms with E-state index in [1.54, 1.807) is 0 Å². The predicted molar refractivity (Wildman–Crippen MR) is 45.0 cm³/mol. The molecule has 0 fully saturated rings. The van der Waals surface area contributed by atoms with Crippen LogP contribution in [-0.2, 0) is 0 Å². The highest BCUT2D eigenvalue weighted by atomic mass is 15.2. The highest BCUT2D eigenvalue weighted by Gasteiger charge is 2.14. The third-order valence-electron chi connectivity index (χ3n) is 1.93. The Morgan fingerprint density at radius 3 is 2.70 bits per heavy atom. The van der Waals surface area contributed by atoms with Gasteiger partial charge in [-0.2, -0.15) is 0 Å². The SMILES string of the molecule is CC(C)CN1CC=CC1C. The van der Waals surface area contributed by atoms with E-state index < -0.39 is 0 Å². The largest absolute Gasteiger partial charge is 0.293 e. The molecule has 0 spiro atoms. The highest BCUT2D eigenvalue weighted by Crippen LogP contribution is 2.10. The van der Waals surface area contributed by atoms with Crippen LogP contribution in [0.5, 0.6) is 0 Å². The molecule has 0 radical (unpaired) electrons. The molecule has 1 aliphatic rings. The van der Waals surface area contributed by atoms with Crippen LogP contribution in [-0.4, -0.2) is 24.0 Å². The van der Waals surface area contributed by atoms with Crippen LogP contribution in [0.25, 0.3) is 0 Å². The average Bonchev–Trinajstić information content (AvgIpc) is 2.15. The van der Waals surface area contributed by atoms with E-state index in [2.05, 4.69) is 37.8 Å². The van der Waals surface area contributed by atoms with Gasteiger partial charge in [-0.3, -0.25) is 4.90 Å². The van der Waals surface area contributed by atoms with Crippen LogP contribution in [0.2, 0.25) is 0 Å². The Bertz CT molecular complexity index is 127. The Hall–Kier alpha value is -0.300. The van der Waals surface area contributed by atoms with Crippen LogP contribution in [0.4, 0.5) is 0 Å². The van der Waals surface area contributed by atoms with Crippen molar-refractivity contribution >= 4 is 0 Å². The van der Waals surface area contributed by atoms with Crippen molar-refractivity contribution in [3.8, 4) is 0 Å². The molecule has 0 bridgehead atoms. The lowest BCUT2D eigenvalue weighted by molar-refractivity contribution is 0.254. The summed E-state index contributed by atoms with van der Waals surface area (Å²) >= 11 is 0. The molecule has 0 N–H and O–H groups in total. The Morgan fingerprint density at radius 1 is 1.60 bits per heavy atom. The minimum Gasteiger partial charge on any atom is -0.293 e. The predicted octanol–water partition coefficient (Wildman–Crippen LogP) is 1.90. The van der Waals surface area contributed by atoms with Crippen molar-refractivity contribution in [1.29, 1.82) is 0 Å². The van der Waals surface area contributed by atoms with Crippen LogP contribution in [0, 0.1) is 5.92 Å². The molecule has 1 aliphatic heterocycles. The van der Waals surface area contributed by atoms with Gasteiger partial charge in [-0.25, -0.2) is 0 Å². The van der Waals surface area contributed by atoms with Crippen molar-refractivity contribution in [2.24, 2.45) is 5.92 Å². The van der Waals surface area contributed by atoms with Crippen LogP contribution < -0.4 is 0 Å². The molecule has 1 atom stereocenters. The maximum Gasteiger partial charge on any atom is 0.0253 e. The molecule has 1 rings (SSSR count). The van der Waals surface area contributed by atoms with Gasteiger partial charge in [-0.1, -0.05) is 26.0 Å². The first-order valence-corrected chi connectivity index (χ1v) is 4.11. The average molecular weight is 139 g/mol. The molecule has 1 nitrogen and oxygen atoms in total. The molecular weight excluding hydrogens is 122 g/mol. The zero-order valence-corrected chi connectivity index (χ0v) is 7.17. The molecule has 1 heterocycles. The van der Waals surface area contributed by atoms with Gasteiger partial charge in [-0.05, 0) is 12.8 Å². The Morgan fingerprint density at radius 2 is 2.30 bits per heavy atom. The molecule has 1 unspecified atom stereocenters. The summed E-state index contributed by atoms with van der Waals surface area (Å²) in [5.74, 6) is 0.794. The second-order valence-electron chi connectivity index (χ2n) is 3.52. The monoisotopic (exact) mass is 139 g/mol. The summed E-state index contributed by atoms with van der Waals surface area (Å²) in [5, 5.41) is 0. The lowest BCUT2D eigenvalue weighted by Crippen LogP contribution is -2.31. The molecule has 1 heteroatoms. The van der Waals surface area contributed by atoms with Gasteiger partial charge in [0.1, 0.15) is 0 Å². The zero-order chi connectivity index (χ0) is 7.56. The fourth-order valence-corrected chi connectivity index (χ4v) is 1.39. The fraction of sp³-hybridized carbons (Fsp3) is 0.778. The summed E-state index contributed by atoms with van der Waals surface area (Å²) in [6, 6.07) is 0.669. The zero-order valence-electron chi connectivity index (χ0n) is 7.17. The third-order valence-corrected chi connectivity index (χ3v) is 1.93. The molecule has 0 aromatic heterocycles. The maximum atomic E-state index is 2.49. The number of hydrogen-bond acceptors (Lipinski definition) is 1. The van der Waals surface area contributed by atoms with Crippen LogP contribution >= 0.6 is 0 Å². The van der Waals surface area contributed by atoms with E-state index in [9.17, 15) is 0 Å². The van der Waals surface area contributed by atoms with E-state index in [0.717, 1.165) is 12.5 Å². The first kappa shape index (κ1) is 7.80. The molecule has 0 aromatic rings. The summed E-state index contributed by atoms with van der Waals surface area (Å²) < 4.78 is 0. The fourth-order valence-electron chi connectivity index (χ4n) is 1.39. The van der Waals surface area contributed by atoms with E-state index in [1.807, 2.05) is 0 Å². The molecule has 0 aliphatic carbocycles. The van der Waals surface area contributed by atoms with Crippen molar-refractivity contribution < 1.29 is 0 Å². The summed E-state index contributed by atoms with van der Waals surface area (Å²) in [7, 11) is 0. The van der Waals surface area contributed by atoms with Gasteiger partial charge >= 0.3 is 0 Å².